The lowest BCUT2D eigenvalue weighted by molar-refractivity contribution is -0.117. The molecular weight excluding hydrogens is 228 g/mol. The highest BCUT2D eigenvalue weighted by atomic mass is 16.5. The van der Waals surface area contributed by atoms with E-state index in [1.54, 1.807) is 7.11 Å². The molecule has 1 aliphatic carbocycles. The maximum absolute atomic E-state index is 11.9. The van der Waals surface area contributed by atoms with E-state index in [4.69, 9.17) is 9.84 Å². The predicted octanol–water partition coefficient (Wildman–Crippen LogP) is 2.44. The van der Waals surface area contributed by atoms with Gasteiger partial charge >= 0.3 is 0 Å². The van der Waals surface area contributed by atoms with Gasteiger partial charge in [-0.05, 0) is 48.1 Å². The quantitative estimate of drug-likeness (QED) is 0.833. The predicted molar refractivity (Wildman–Crippen MR) is 70.4 cm³/mol. The molecule has 1 aliphatic rings. The van der Waals surface area contributed by atoms with Crippen molar-refractivity contribution in [1.29, 1.82) is 0 Å². The van der Waals surface area contributed by atoms with Crippen molar-refractivity contribution >= 4 is 11.9 Å². The lowest BCUT2D eigenvalue weighted by atomic mass is 9.84. The summed E-state index contributed by atoms with van der Waals surface area (Å²) < 4.78 is 5.09. The molecule has 2 rings (SSSR count). The van der Waals surface area contributed by atoms with E-state index in [0.717, 1.165) is 29.7 Å². The van der Waals surface area contributed by atoms with E-state index in [1.807, 2.05) is 30.3 Å². The van der Waals surface area contributed by atoms with Gasteiger partial charge in [0, 0.05) is 13.0 Å². The number of Topliss-reactive ketones (excluding diaryl/α,β-unsaturated/α-hetero) is 1. The van der Waals surface area contributed by atoms with Gasteiger partial charge in [0.15, 0.2) is 5.78 Å². The fourth-order valence-corrected chi connectivity index (χ4v) is 2.20. The Hall–Kier alpha value is -1.61. The minimum atomic E-state index is 0.113. The van der Waals surface area contributed by atoms with Crippen LogP contribution in [0.4, 0.5) is 0 Å². The van der Waals surface area contributed by atoms with Gasteiger partial charge in [-0.25, -0.2) is 0 Å². The molecule has 96 valence electrons. The summed E-state index contributed by atoms with van der Waals surface area (Å²) in [6.45, 7) is 0.113. The number of hydrogen-bond acceptors (Lipinski definition) is 3. The molecule has 1 saturated carbocycles. The third-order valence-corrected chi connectivity index (χ3v) is 3.37. The van der Waals surface area contributed by atoms with Crippen LogP contribution in [0.25, 0.3) is 6.08 Å². The molecule has 0 spiro atoms. The van der Waals surface area contributed by atoms with E-state index in [9.17, 15) is 4.79 Å². The maximum atomic E-state index is 11.9. The van der Waals surface area contributed by atoms with Gasteiger partial charge in [-0.1, -0.05) is 12.1 Å². The Kier molecular flexibility index (Phi) is 4.15. The Labute approximate surface area is 107 Å². The van der Waals surface area contributed by atoms with Crippen LogP contribution in [0.3, 0.4) is 0 Å². The first kappa shape index (κ1) is 12.8. The van der Waals surface area contributed by atoms with E-state index in [2.05, 4.69) is 0 Å². The van der Waals surface area contributed by atoms with Crippen LogP contribution >= 0.6 is 0 Å². The first-order valence-electron chi connectivity index (χ1n) is 6.21. The second kappa shape index (κ2) is 5.83. The van der Waals surface area contributed by atoms with Crippen LogP contribution in [0.1, 0.15) is 24.8 Å². The number of hydrogen-bond donors (Lipinski definition) is 1. The Balaban J connectivity index is 2.10. The average Bonchev–Trinajstić information content (AvgIpc) is 2.42. The van der Waals surface area contributed by atoms with Crippen LogP contribution in [0, 0.1) is 5.92 Å². The number of allylic oxidation sites excluding steroid dienone is 1. The van der Waals surface area contributed by atoms with E-state index in [0.29, 0.717) is 6.42 Å². The van der Waals surface area contributed by atoms with Gasteiger partial charge in [0.1, 0.15) is 5.75 Å². The van der Waals surface area contributed by atoms with Crippen LogP contribution in [-0.2, 0) is 4.79 Å². The molecule has 0 bridgehead atoms. The van der Waals surface area contributed by atoms with Crippen molar-refractivity contribution in [2.45, 2.75) is 19.3 Å². The van der Waals surface area contributed by atoms with Crippen molar-refractivity contribution in [3.8, 4) is 5.75 Å². The van der Waals surface area contributed by atoms with Gasteiger partial charge in [-0.2, -0.15) is 0 Å². The summed E-state index contributed by atoms with van der Waals surface area (Å²) in [4.78, 5) is 11.9. The van der Waals surface area contributed by atoms with Gasteiger partial charge in [0.2, 0.25) is 0 Å². The molecule has 0 aliphatic heterocycles. The zero-order valence-electron chi connectivity index (χ0n) is 10.6. The summed E-state index contributed by atoms with van der Waals surface area (Å²) in [5, 5.41) is 9.06. The van der Waals surface area contributed by atoms with Gasteiger partial charge in [0.25, 0.3) is 0 Å². The third-order valence-electron chi connectivity index (χ3n) is 3.37. The fraction of sp³-hybridized carbons (Fsp3) is 0.400. The second-order valence-corrected chi connectivity index (χ2v) is 4.66. The lowest BCUT2D eigenvalue weighted by Crippen LogP contribution is -2.20. The number of carbonyl (C=O) groups excluding carboxylic acids is 1. The minimum Gasteiger partial charge on any atom is -0.497 e. The molecule has 0 radical (unpaired) electrons. The van der Waals surface area contributed by atoms with E-state index >= 15 is 0 Å². The van der Waals surface area contributed by atoms with Crippen molar-refractivity contribution < 1.29 is 14.6 Å². The summed E-state index contributed by atoms with van der Waals surface area (Å²) in [6.07, 6.45) is 4.06. The van der Waals surface area contributed by atoms with E-state index in [1.165, 1.54) is 0 Å². The number of rotatable bonds is 3. The van der Waals surface area contributed by atoms with Crippen LogP contribution < -0.4 is 4.74 Å². The molecular formula is C15H18O3. The summed E-state index contributed by atoms with van der Waals surface area (Å²) in [5.41, 5.74) is 1.88. The van der Waals surface area contributed by atoms with Crippen molar-refractivity contribution in [3.63, 3.8) is 0 Å². The van der Waals surface area contributed by atoms with Crippen LogP contribution in [0.5, 0.6) is 5.75 Å². The van der Waals surface area contributed by atoms with Crippen LogP contribution in [0.15, 0.2) is 29.8 Å². The zero-order valence-corrected chi connectivity index (χ0v) is 10.6. The first-order chi connectivity index (χ1) is 8.72. The number of benzene rings is 1. The topological polar surface area (TPSA) is 46.5 Å². The normalized spacial score (nSPS) is 22.2. The minimum absolute atomic E-state index is 0.113. The Morgan fingerprint density at radius 3 is 2.67 bits per heavy atom. The summed E-state index contributed by atoms with van der Waals surface area (Å²) in [6, 6.07) is 7.65. The van der Waals surface area contributed by atoms with Gasteiger partial charge in [-0.15, -0.1) is 0 Å². The fourth-order valence-electron chi connectivity index (χ4n) is 2.20. The molecule has 0 aromatic heterocycles. The van der Waals surface area contributed by atoms with E-state index < -0.39 is 0 Å². The highest BCUT2D eigenvalue weighted by molar-refractivity contribution is 6.00. The number of methoxy groups -OCH3 is 1. The number of aliphatic hydroxyl groups excluding tert-OH is 1. The largest absolute Gasteiger partial charge is 0.497 e. The summed E-state index contributed by atoms with van der Waals surface area (Å²) in [7, 11) is 1.63. The highest BCUT2D eigenvalue weighted by Crippen LogP contribution is 2.27. The zero-order chi connectivity index (χ0) is 13.0. The molecule has 1 aromatic rings. The number of ether oxygens (including phenoxy) is 1. The molecule has 1 atom stereocenters. The highest BCUT2D eigenvalue weighted by Gasteiger charge is 2.22. The number of aliphatic hydroxyl groups is 1. The Morgan fingerprint density at radius 2 is 2.11 bits per heavy atom. The molecule has 18 heavy (non-hydrogen) atoms. The van der Waals surface area contributed by atoms with Crippen molar-refractivity contribution in [2.75, 3.05) is 13.7 Å². The molecule has 0 saturated heterocycles. The van der Waals surface area contributed by atoms with Gasteiger partial charge in [0.05, 0.1) is 7.11 Å². The monoisotopic (exact) mass is 246 g/mol. The molecule has 1 aromatic carbocycles. The van der Waals surface area contributed by atoms with Crippen LogP contribution in [-0.4, -0.2) is 24.6 Å². The number of carbonyl (C=O) groups is 1. The lowest BCUT2D eigenvalue weighted by Gasteiger charge is -2.20. The maximum Gasteiger partial charge on any atom is 0.159 e. The van der Waals surface area contributed by atoms with Crippen molar-refractivity contribution in [3.05, 3.63) is 35.4 Å². The van der Waals surface area contributed by atoms with Gasteiger partial charge < -0.3 is 9.84 Å². The number of ketones is 1. The van der Waals surface area contributed by atoms with Crippen LogP contribution in [0.2, 0.25) is 0 Å². The van der Waals surface area contributed by atoms with E-state index in [-0.39, 0.29) is 18.3 Å². The van der Waals surface area contributed by atoms with Crippen molar-refractivity contribution in [1.82, 2.24) is 0 Å². The Morgan fingerprint density at radius 1 is 1.39 bits per heavy atom. The van der Waals surface area contributed by atoms with Crippen molar-refractivity contribution in [2.24, 2.45) is 5.92 Å². The SMILES string of the molecule is COc1ccc(/C=C2/CCC(CO)CC2=O)cc1. The second-order valence-electron chi connectivity index (χ2n) is 4.66. The molecule has 1 N–H and O–H groups in total. The molecule has 1 fully saturated rings. The first-order valence-corrected chi connectivity index (χ1v) is 6.21. The molecule has 0 heterocycles. The molecule has 0 amide bonds. The molecule has 3 nitrogen and oxygen atoms in total. The Bertz CT molecular complexity index is 445. The average molecular weight is 246 g/mol. The molecule has 3 heteroatoms. The summed E-state index contributed by atoms with van der Waals surface area (Å²) >= 11 is 0. The van der Waals surface area contributed by atoms with Gasteiger partial charge in [-0.3, -0.25) is 4.79 Å². The smallest absolute Gasteiger partial charge is 0.159 e. The summed E-state index contributed by atoms with van der Waals surface area (Å²) in [5.74, 6) is 1.12. The third kappa shape index (κ3) is 2.99. The standard InChI is InChI=1S/C15H18O3/c1-18-14-6-3-11(4-7-14)8-13-5-2-12(10-16)9-15(13)17/h3-4,6-8,12,16H,2,5,9-10H2,1H3/b13-8-. The molecule has 1 unspecified atom stereocenters.